The molecule has 10 aromatic carbocycles. The Bertz CT molecular complexity index is 3570. The Morgan fingerprint density at radius 2 is 0.810 bits per heavy atom. The van der Waals surface area contributed by atoms with Gasteiger partial charge in [-0.25, -0.2) is 0 Å². The van der Waals surface area contributed by atoms with Crippen LogP contribution in [0.2, 0.25) is 0 Å². The number of fused-ring (bicyclic) bond motifs is 6. The second-order valence-electron chi connectivity index (χ2n) is 16.0. The fraction of sp³-hybridized carbons (Fsp3) is 0. The molecule has 0 atom stereocenters. The third-order valence-corrected chi connectivity index (χ3v) is 13.6. The van der Waals surface area contributed by atoms with E-state index in [0.717, 1.165) is 28.3 Å². The maximum Gasteiger partial charge on any atom is 0.0640 e. The molecule has 63 heavy (non-hydrogen) atoms. The molecule has 0 saturated carbocycles. The van der Waals surface area contributed by atoms with Crippen molar-refractivity contribution in [3.63, 3.8) is 0 Å². The first-order valence-electron chi connectivity index (χ1n) is 21.5. The Kier molecular flexibility index (Phi) is 9.06. The zero-order valence-electron chi connectivity index (χ0n) is 34.4. The molecular formula is C60H40N2S. The summed E-state index contributed by atoms with van der Waals surface area (Å²) in [5, 5.41) is 5.06. The van der Waals surface area contributed by atoms with Crippen molar-refractivity contribution >= 4 is 70.4 Å². The molecule has 2 heterocycles. The molecule has 12 rings (SSSR count). The van der Waals surface area contributed by atoms with Crippen molar-refractivity contribution in [1.82, 2.24) is 4.57 Å². The average Bonchev–Trinajstić information content (AvgIpc) is 3.91. The first-order chi connectivity index (χ1) is 31.3. The minimum absolute atomic E-state index is 1.08. The lowest BCUT2D eigenvalue weighted by Crippen LogP contribution is -2.12. The molecule has 0 N–H and O–H groups in total. The van der Waals surface area contributed by atoms with Crippen molar-refractivity contribution in [2.45, 2.75) is 0 Å². The number of benzene rings is 10. The summed E-state index contributed by atoms with van der Waals surface area (Å²) < 4.78 is 4.96. The highest BCUT2D eigenvalue weighted by molar-refractivity contribution is 7.26. The predicted octanol–water partition coefficient (Wildman–Crippen LogP) is 17.3. The Morgan fingerprint density at radius 3 is 1.52 bits per heavy atom. The predicted molar refractivity (Wildman–Crippen MR) is 270 cm³/mol. The molecule has 3 heteroatoms. The molecular weight excluding hydrogens is 781 g/mol. The Labute approximate surface area is 370 Å². The quantitative estimate of drug-likeness (QED) is 0.148. The van der Waals surface area contributed by atoms with E-state index in [-0.39, 0.29) is 0 Å². The number of aromatic nitrogens is 1. The lowest BCUT2D eigenvalue weighted by molar-refractivity contribution is 1.18. The van der Waals surface area contributed by atoms with Crippen LogP contribution in [-0.2, 0) is 0 Å². The highest BCUT2D eigenvalue weighted by Gasteiger charge is 2.25. The number of thiophene rings is 1. The molecule has 0 saturated heterocycles. The Hall–Kier alpha value is -7.98. The van der Waals surface area contributed by atoms with Crippen LogP contribution in [0, 0.1) is 0 Å². The molecule has 0 aliphatic heterocycles. The number of para-hydroxylation sites is 3. The van der Waals surface area contributed by atoms with Crippen LogP contribution in [0.25, 0.3) is 92.2 Å². The summed E-state index contributed by atoms with van der Waals surface area (Å²) in [5.74, 6) is 0. The van der Waals surface area contributed by atoms with Crippen LogP contribution in [0.4, 0.5) is 17.1 Å². The fourth-order valence-corrected chi connectivity index (χ4v) is 10.8. The maximum atomic E-state index is 2.50. The van der Waals surface area contributed by atoms with Crippen molar-refractivity contribution in [1.29, 1.82) is 0 Å². The standard InChI is InChI=1S/C60H40N2S/c1-3-19-41(20-4-1)45-23-7-8-28-51(45)59-47(42-21-5-2-6-22-42)29-17-34-56(59)61(57-35-18-30-52-50-27-12-16-36-58(50)63-60(52)57)44-39-37-43(38-40-44)46-24-9-13-31-53(46)62-54-32-14-10-25-48(54)49-26-11-15-33-55(49)62/h1-40H. The fourth-order valence-electron chi connectivity index (χ4n) is 9.64. The zero-order valence-corrected chi connectivity index (χ0v) is 35.2. The molecule has 0 fully saturated rings. The molecule has 2 aromatic heterocycles. The van der Waals surface area contributed by atoms with Gasteiger partial charge < -0.3 is 9.47 Å². The molecule has 0 unspecified atom stereocenters. The topological polar surface area (TPSA) is 8.17 Å². The molecule has 0 aliphatic rings. The van der Waals surface area contributed by atoms with Crippen LogP contribution in [0.15, 0.2) is 243 Å². The van der Waals surface area contributed by atoms with Crippen LogP contribution in [-0.4, -0.2) is 4.57 Å². The molecule has 0 aliphatic carbocycles. The lowest BCUT2D eigenvalue weighted by atomic mass is 9.87. The smallest absolute Gasteiger partial charge is 0.0640 e. The molecule has 2 nitrogen and oxygen atoms in total. The van der Waals surface area contributed by atoms with Gasteiger partial charge in [-0.2, -0.15) is 0 Å². The molecule has 12 aromatic rings. The van der Waals surface area contributed by atoms with Gasteiger partial charge in [0.1, 0.15) is 0 Å². The van der Waals surface area contributed by atoms with E-state index < -0.39 is 0 Å². The van der Waals surface area contributed by atoms with Crippen LogP contribution in [0.5, 0.6) is 0 Å². The van der Waals surface area contributed by atoms with Crippen molar-refractivity contribution in [2.24, 2.45) is 0 Å². The van der Waals surface area contributed by atoms with Gasteiger partial charge >= 0.3 is 0 Å². The minimum Gasteiger partial charge on any atom is -0.309 e. The number of rotatable bonds is 8. The summed E-state index contributed by atoms with van der Waals surface area (Å²) in [4.78, 5) is 2.50. The number of nitrogens with zero attached hydrogens (tertiary/aromatic N) is 2. The van der Waals surface area contributed by atoms with Crippen LogP contribution >= 0.6 is 11.3 Å². The SMILES string of the molecule is c1ccc(-c2ccccc2-c2c(-c3ccccc3)cccc2N(c2ccc(-c3ccccc3-n3c4ccccc4c4ccccc43)cc2)c2cccc3c2sc2ccccc23)cc1. The van der Waals surface area contributed by atoms with Gasteiger partial charge in [0.2, 0.25) is 0 Å². The normalized spacial score (nSPS) is 11.5. The van der Waals surface area contributed by atoms with Gasteiger partial charge in [-0.3, -0.25) is 0 Å². The van der Waals surface area contributed by atoms with Crippen molar-refractivity contribution in [2.75, 3.05) is 4.90 Å². The summed E-state index contributed by atoms with van der Waals surface area (Å²) >= 11 is 1.87. The number of hydrogen-bond acceptors (Lipinski definition) is 2. The van der Waals surface area contributed by atoms with Gasteiger partial charge in [0.25, 0.3) is 0 Å². The summed E-state index contributed by atoms with van der Waals surface area (Å²) in [6.07, 6.45) is 0. The van der Waals surface area contributed by atoms with E-state index in [1.807, 2.05) is 11.3 Å². The van der Waals surface area contributed by atoms with Crippen LogP contribution < -0.4 is 4.90 Å². The van der Waals surface area contributed by atoms with Gasteiger partial charge in [0, 0.05) is 43.1 Å². The molecule has 0 spiro atoms. The van der Waals surface area contributed by atoms with E-state index in [1.54, 1.807) is 0 Å². The minimum atomic E-state index is 1.08. The molecule has 0 bridgehead atoms. The zero-order chi connectivity index (χ0) is 41.7. The first-order valence-corrected chi connectivity index (χ1v) is 22.3. The summed E-state index contributed by atoms with van der Waals surface area (Å²) in [7, 11) is 0. The number of anilines is 3. The first kappa shape index (κ1) is 36.8. The highest BCUT2D eigenvalue weighted by atomic mass is 32.1. The second kappa shape index (κ2) is 15.5. The third-order valence-electron chi connectivity index (χ3n) is 12.4. The molecule has 296 valence electrons. The second-order valence-corrected chi connectivity index (χ2v) is 17.1. The molecule has 0 amide bonds. The van der Waals surface area contributed by atoms with Crippen molar-refractivity contribution in [3.05, 3.63) is 243 Å². The van der Waals surface area contributed by atoms with E-state index in [2.05, 4.69) is 252 Å². The van der Waals surface area contributed by atoms with Gasteiger partial charge in [-0.15, -0.1) is 11.3 Å². The van der Waals surface area contributed by atoms with Crippen LogP contribution in [0.1, 0.15) is 0 Å². The van der Waals surface area contributed by atoms with Gasteiger partial charge in [-0.1, -0.05) is 194 Å². The van der Waals surface area contributed by atoms with E-state index >= 15 is 0 Å². The summed E-state index contributed by atoms with van der Waals surface area (Å²) in [6, 6.07) is 88.4. The monoisotopic (exact) mass is 820 g/mol. The maximum absolute atomic E-state index is 2.50. The number of hydrogen-bond donors (Lipinski definition) is 0. The van der Waals surface area contributed by atoms with Gasteiger partial charge in [0.15, 0.2) is 0 Å². The van der Waals surface area contributed by atoms with E-state index in [1.165, 1.54) is 80.9 Å². The third kappa shape index (κ3) is 6.24. The largest absolute Gasteiger partial charge is 0.309 e. The van der Waals surface area contributed by atoms with Gasteiger partial charge in [0.05, 0.1) is 32.8 Å². The lowest BCUT2D eigenvalue weighted by Gasteiger charge is -2.30. The van der Waals surface area contributed by atoms with E-state index in [9.17, 15) is 0 Å². The van der Waals surface area contributed by atoms with Crippen LogP contribution in [0.3, 0.4) is 0 Å². The summed E-state index contributed by atoms with van der Waals surface area (Å²) in [6.45, 7) is 0. The Morgan fingerprint density at radius 1 is 0.317 bits per heavy atom. The Balaban J connectivity index is 1.10. The molecule has 0 radical (unpaired) electrons. The summed E-state index contributed by atoms with van der Waals surface area (Å²) in [5.41, 5.74) is 16.3. The highest BCUT2D eigenvalue weighted by Crippen LogP contribution is 2.51. The van der Waals surface area contributed by atoms with Crippen molar-refractivity contribution in [3.8, 4) is 50.2 Å². The van der Waals surface area contributed by atoms with E-state index in [0.29, 0.717) is 0 Å². The van der Waals surface area contributed by atoms with Crippen molar-refractivity contribution < 1.29 is 0 Å². The van der Waals surface area contributed by atoms with Gasteiger partial charge in [-0.05, 0) is 81.9 Å². The van der Waals surface area contributed by atoms with E-state index in [4.69, 9.17) is 0 Å². The average molecular weight is 821 g/mol.